The summed E-state index contributed by atoms with van der Waals surface area (Å²) in [6, 6.07) is 10.3. The Hall–Kier alpha value is 0.426. The number of benzene rings is 1. The Morgan fingerprint density at radius 1 is 1.09 bits per heavy atom. The molecule has 0 aliphatic carbocycles. The molecular weight excluding hydrogens is 214 g/mol. The first-order chi connectivity index (χ1) is 4.81. The van der Waals surface area contributed by atoms with Gasteiger partial charge in [0.25, 0.3) is 0 Å². The molecule has 0 atom stereocenters. The Morgan fingerprint density at radius 3 is 1.64 bits per heavy atom. The number of rotatable bonds is 0. The van der Waals surface area contributed by atoms with Crippen molar-refractivity contribution in [3.05, 3.63) is 30.3 Å². The third kappa shape index (κ3) is 10.4. The van der Waals surface area contributed by atoms with Gasteiger partial charge in [-0.3, -0.25) is 0 Å². The van der Waals surface area contributed by atoms with Crippen molar-refractivity contribution in [2.75, 3.05) is 14.1 Å². The van der Waals surface area contributed by atoms with Crippen LogP contribution in [0.15, 0.2) is 30.3 Å². The largest absolute Gasteiger partial charge is 1.47 e. The van der Waals surface area contributed by atoms with Crippen LogP contribution in [-0.2, 0) is 0 Å². The Labute approximate surface area is 91.8 Å². The number of halogens is 1. The second-order valence-corrected chi connectivity index (χ2v) is 2.80. The van der Waals surface area contributed by atoms with Crippen molar-refractivity contribution >= 4 is 42.4 Å². The van der Waals surface area contributed by atoms with E-state index in [1.54, 1.807) is 0 Å². The highest BCUT2D eigenvalue weighted by molar-refractivity contribution is 8.93. The zero-order valence-electron chi connectivity index (χ0n) is 7.00. The average molecular weight is 227 g/mol. The maximum absolute atomic E-state index is 2.75. The van der Waals surface area contributed by atoms with Crippen LogP contribution in [0.2, 0.25) is 0 Å². The molecule has 0 aromatic heterocycles. The Kier molecular flexibility index (Phi) is 13.3. The van der Waals surface area contributed by atoms with Crippen LogP contribution in [-0.4, -0.2) is 35.8 Å². The van der Waals surface area contributed by atoms with Gasteiger partial charge in [-0.2, -0.15) is 0 Å². The van der Waals surface area contributed by atoms with Gasteiger partial charge in [0.15, 0.2) is 0 Å². The van der Waals surface area contributed by atoms with Crippen molar-refractivity contribution in [1.29, 1.82) is 0 Å². The van der Waals surface area contributed by atoms with E-state index in [2.05, 4.69) is 17.4 Å². The summed E-state index contributed by atoms with van der Waals surface area (Å²) in [5.74, 6) is 0. The molecule has 0 spiro atoms. The molecule has 0 fully saturated rings. The molecular formula is C8H13BrMgN+2. The molecule has 0 unspecified atom stereocenters. The third-order valence-corrected chi connectivity index (χ3v) is 1.31. The predicted octanol–water partition coefficient (Wildman–Crippen LogP) is 0.894. The lowest BCUT2D eigenvalue weighted by molar-refractivity contribution is 1.02. The molecule has 3 heteroatoms. The summed E-state index contributed by atoms with van der Waals surface area (Å²) in [7, 11) is 3.75. The maximum Gasteiger partial charge on any atom is 1.47 e. The van der Waals surface area contributed by atoms with Gasteiger partial charge >= 0.3 is 25.4 Å². The second kappa shape index (κ2) is 10.4. The zero-order valence-corrected chi connectivity index (χ0v) is 10.1. The molecule has 0 aliphatic rings. The predicted molar refractivity (Wildman–Crippen MR) is 57.1 cm³/mol. The van der Waals surface area contributed by atoms with E-state index in [4.69, 9.17) is 0 Å². The van der Waals surface area contributed by atoms with Crippen LogP contribution in [0.4, 0.5) is 0 Å². The van der Waals surface area contributed by atoms with Crippen molar-refractivity contribution in [3.8, 4) is 0 Å². The molecule has 1 rings (SSSR count). The van der Waals surface area contributed by atoms with E-state index in [1.165, 1.54) is 3.69 Å². The molecule has 0 heterocycles. The highest BCUT2D eigenvalue weighted by Crippen LogP contribution is 1.76. The Bertz CT molecular complexity index is 155. The summed E-state index contributed by atoms with van der Waals surface area (Å²) >= 11 is 1.90. The summed E-state index contributed by atoms with van der Waals surface area (Å²) in [4.78, 5) is 0. The van der Waals surface area contributed by atoms with Gasteiger partial charge in [0.1, 0.15) is 0 Å². The smallest absolute Gasteiger partial charge is 0.323 e. The molecule has 1 N–H and O–H groups in total. The third-order valence-electron chi connectivity index (χ3n) is 0.843. The van der Waals surface area contributed by atoms with Crippen LogP contribution in [0.5, 0.6) is 0 Å². The van der Waals surface area contributed by atoms with Gasteiger partial charge in [-0.25, -0.2) is 0 Å². The SMILES string of the molecule is Br.CNC.[Mg+2][c]1ccccc1. The topological polar surface area (TPSA) is 12.0 Å². The lowest BCUT2D eigenvalue weighted by Crippen LogP contribution is -1.97. The minimum absolute atomic E-state index is 0. The van der Waals surface area contributed by atoms with Crippen molar-refractivity contribution in [2.24, 2.45) is 0 Å². The van der Waals surface area contributed by atoms with E-state index in [-0.39, 0.29) is 17.0 Å². The van der Waals surface area contributed by atoms with Crippen LogP contribution < -0.4 is 9.01 Å². The molecule has 0 saturated carbocycles. The van der Waals surface area contributed by atoms with Crippen LogP contribution >= 0.6 is 17.0 Å². The number of hydrogen-bond donors (Lipinski definition) is 1. The molecule has 0 saturated heterocycles. The first kappa shape index (κ1) is 14.0. The van der Waals surface area contributed by atoms with Gasteiger partial charge in [-0.15, -0.1) is 17.0 Å². The fourth-order valence-corrected chi connectivity index (χ4v) is 0.750. The van der Waals surface area contributed by atoms with E-state index >= 15 is 0 Å². The van der Waals surface area contributed by atoms with E-state index in [0.717, 1.165) is 0 Å². The Morgan fingerprint density at radius 2 is 1.45 bits per heavy atom. The van der Waals surface area contributed by atoms with Gasteiger partial charge < -0.3 is 5.32 Å². The highest BCUT2D eigenvalue weighted by atomic mass is 79.9. The summed E-state index contributed by atoms with van der Waals surface area (Å²) < 4.78 is 1.35. The van der Waals surface area contributed by atoms with Crippen molar-refractivity contribution in [1.82, 2.24) is 5.32 Å². The van der Waals surface area contributed by atoms with Gasteiger partial charge in [0.2, 0.25) is 0 Å². The lowest BCUT2D eigenvalue weighted by Gasteiger charge is -1.65. The number of hydrogen-bond acceptors (Lipinski definition) is 1. The standard InChI is InChI=1S/C6H5.C2H7N.BrH.Mg/c1-2-4-6-5-3-1;1-3-2;;/h1-5H;3H,1-2H3;1H;/q;;;+2. The Balaban J connectivity index is 0. The van der Waals surface area contributed by atoms with E-state index in [9.17, 15) is 0 Å². The van der Waals surface area contributed by atoms with Crippen molar-refractivity contribution in [3.63, 3.8) is 0 Å². The van der Waals surface area contributed by atoms with Gasteiger partial charge in [-0.1, -0.05) is 18.2 Å². The molecule has 0 aliphatic heterocycles. The monoisotopic (exact) mass is 226 g/mol. The zero-order chi connectivity index (χ0) is 7.82. The quantitative estimate of drug-likeness (QED) is 0.649. The van der Waals surface area contributed by atoms with Crippen molar-refractivity contribution < 1.29 is 0 Å². The van der Waals surface area contributed by atoms with Gasteiger partial charge in [-0.05, 0) is 14.1 Å². The van der Waals surface area contributed by atoms with Crippen LogP contribution in [0.1, 0.15) is 0 Å². The lowest BCUT2D eigenvalue weighted by atomic mass is 10.4. The van der Waals surface area contributed by atoms with Crippen LogP contribution in [0.25, 0.3) is 0 Å². The summed E-state index contributed by atoms with van der Waals surface area (Å²) in [6.07, 6.45) is 0. The fraction of sp³-hybridized carbons (Fsp3) is 0.250. The highest BCUT2D eigenvalue weighted by Gasteiger charge is 2.28. The van der Waals surface area contributed by atoms with E-state index in [1.807, 2.05) is 54.0 Å². The average Bonchev–Trinajstić information content (AvgIpc) is 1.91. The molecule has 1 nitrogen and oxygen atoms in total. The summed E-state index contributed by atoms with van der Waals surface area (Å²) in [5.41, 5.74) is 0. The molecule has 1 aromatic carbocycles. The molecule has 11 heavy (non-hydrogen) atoms. The van der Waals surface area contributed by atoms with Crippen LogP contribution in [0.3, 0.4) is 0 Å². The fourth-order valence-electron chi connectivity index (χ4n) is 0.478. The summed E-state index contributed by atoms with van der Waals surface area (Å²) in [6.45, 7) is 0. The molecule has 0 bridgehead atoms. The molecule has 57 valence electrons. The molecule has 1 aromatic rings. The number of nitrogens with one attached hydrogen (secondary N) is 1. The van der Waals surface area contributed by atoms with Crippen LogP contribution in [0, 0.1) is 0 Å². The normalized spacial score (nSPS) is 7.18. The maximum atomic E-state index is 2.75. The van der Waals surface area contributed by atoms with E-state index < -0.39 is 0 Å². The van der Waals surface area contributed by atoms with E-state index in [0.29, 0.717) is 0 Å². The summed E-state index contributed by atoms with van der Waals surface area (Å²) in [5, 5.41) is 2.75. The minimum Gasteiger partial charge on any atom is -0.323 e. The minimum atomic E-state index is 0. The second-order valence-electron chi connectivity index (χ2n) is 1.99. The van der Waals surface area contributed by atoms with Crippen molar-refractivity contribution in [2.45, 2.75) is 0 Å². The molecule has 7 radical (unpaired) electrons. The first-order valence-electron chi connectivity index (χ1n) is 3.26. The first-order valence-corrected chi connectivity index (χ1v) is 3.97. The van der Waals surface area contributed by atoms with Gasteiger partial charge in [0.05, 0.1) is 0 Å². The van der Waals surface area contributed by atoms with Gasteiger partial charge in [0, 0.05) is 12.1 Å². The molecule has 0 amide bonds.